The molecule has 0 spiro atoms. The Bertz CT molecular complexity index is 1150. The second-order valence-corrected chi connectivity index (χ2v) is 10.3. The molecule has 1 aromatic heterocycles. The van der Waals surface area contributed by atoms with E-state index in [1.54, 1.807) is 25.1 Å². The van der Waals surface area contributed by atoms with Gasteiger partial charge in [0, 0.05) is 11.9 Å². The number of para-hydroxylation sites is 1. The fourth-order valence-electron chi connectivity index (χ4n) is 3.53. The van der Waals surface area contributed by atoms with Crippen molar-refractivity contribution in [3.63, 3.8) is 0 Å². The van der Waals surface area contributed by atoms with Crippen LogP contribution in [0.15, 0.2) is 47.4 Å². The second kappa shape index (κ2) is 11.6. The van der Waals surface area contributed by atoms with Gasteiger partial charge in [-0.2, -0.15) is 10.1 Å². The van der Waals surface area contributed by atoms with E-state index in [1.165, 1.54) is 31.3 Å². The standard InChI is InChI=1S/C23H31FN3O8P/c1-5-13-32-20(29)16(3)26-36(31,35-17-9-7-6-8-10-17)33-14-18-19(28)23(4,24)21(34-18)27-12-11-15(2)25-22(27)30/h6-12,16,18-19,21,28H,5,13-14H2,1-4H3,(H,26,31)/t16-,18+,19+,21+,23+,36-/m0/s1. The number of aromatic nitrogens is 2. The number of nitrogens with one attached hydrogen (secondary N) is 1. The number of ether oxygens (including phenoxy) is 2. The maximum absolute atomic E-state index is 15.5. The fourth-order valence-corrected chi connectivity index (χ4v) is 5.03. The number of carbonyl (C=O) groups is 1. The van der Waals surface area contributed by atoms with E-state index in [4.69, 9.17) is 18.5 Å². The minimum atomic E-state index is -4.26. The predicted molar refractivity (Wildman–Crippen MR) is 127 cm³/mol. The van der Waals surface area contributed by atoms with Gasteiger partial charge in [0.15, 0.2) is 11.9 Å². The van der Waals surface area contributed by atoms with E-state index in [2.05, 4.69) is 10.1 Å². The summed E-state index contributed by atoms with van der Waals surface area (Å²) in [5.41, 5.74) is -2.72. The molecule has 0 bridgehead atoms. The number of benzene rings is 1. The lowest BCUT2D eigenvalue weighted by atomic mass is 9.98. The van der Waals surface area contributed by atoms with E-state index in [1.807, 2.05) is 6.92 Å². The number of aryl methyl sites for hydroxylation is 1. The number of hydrogen-bond acceptors (Lipinski definition) is 9. The molecule has 2 aromatic rings. The molecule has 13 heteroatoms. The number of alkyl halides is 1. The average Bonchev–Trinajstić information content (AvgIpc) is 3.05. The van der Waals surface area contributed by atoms with Crippen molar-refractivity contribution in [1.82, 2.24) is 14.6 Å². The van der Waals surface area contributed by atoms with Crippen LogP contribution < -0.4 is 15.3 Å². The summed E-state index contributed by atoms with van der Waals surface area (Å²) in [4.78, 5) is 28.3. The topological polar surface area (TPSA) is 138 Å². The molecular formula is C23H31FN3O8P. The molecule has 0 unspecified atom stereocenters. The van der Waals surface area contributed by atoms with Crippen LogP contribution in [0.2, 0.25) is 0 Å². The zero-order valence-corrected chi connectivity index (χ0v) is 21.4. The largest absolute Gasteiger partial charge is 0.465 e. The molecule has 1 aliphatic rings. The highest BCUT2D eigenvalue weighted by atomic mass is 31.2. The van der Waals surface area contributed by atoms with Crippen molar-refractivity contribution in [2.75, 3.05) is 13.2 Å². The van der Waals surface area contributed by atoms with Crippen LogP contribution in [-0.2, 0) is 23.4 Å². The monoisotopic (exact) mass is 527 g/mol. The molecule has 36 heavy (non-hydrogen) atoms. The van der Waals surface area contributed by atoms with Gasteiger partial charge >= 0.3 is 19.4 Å². The maximum atomic E-state index is 15.5. The van der Waals surface area contributed by atoms with Gasteiger partial charge < -0.3 is 19.1 Å². The van der Waals surface area contributed by atoms with Crippen molar-refractivity contribution in [2.45, 2.75) is 64.3 Å². The molecule has 6 atom stereocenters. The molecule has 1 saturated heterocycles. The highest BCUT2D eigenvalue weighted by Gasteiger charge is 2.56. The normalized spacial score (nSPS) is 26.2. The van der Waals surface area contributed by atoms with Crippen LogP contribution in [0.4, 0.5) is 4.39 Å². The van der Waals surface area contributed by atoms with Crippen LogP contribution in [-0.4, -0.2) is 57.8 Å². The summed E-state index contributed by atoms with van der Waals surface area (Å²) in [6.45, 7) is 5.54. The highest BCUT2D eigenvalue weighted by Crippen LogP contribution is 2.47. The lowest BCUT2D eigenvalue weighted by Gasteiger charge is -2.25. The number of hydrogen-bond donors (Lipinski definition) is 2. The number of nitrogens with zero attached hydrogens (tertiary/aromatic N) is 2. The summed E-state index contributed by atoms with van der Waals surface area (Å²) in [7, 11) is -4.26. The number of rotatable bonds is 11. The van der Waals surface area contributed by atoms with E-state index in [0.29, 0.717) is 12.1 Å². The van der Waals surface area contributed by atoms with E-state index >= 15 is 4.39 Å². The Morgan fingerprint density at radius 3 is 2.69 bits per heavy atom. The van der Waals surface area contributed by atoms with E-state index in [-0.39, 0.29) is 12.4 Å². The van der Waals surface area contributed by atoms with Crippen molar-refractivity contribution in [1.29, 1.82) is 0 Å². The quantitative estimate of drug-likeness (QED) is 0.331. The molecule has 0 radical (unpaired) electrons. The minimum Gasteiger partial charge on any atom is -0.465 e. The third kappa shape index (κ3) is 6.57. The first kappa shape index (κ1) is 27.9. The van der Waals surface area contributed by atoms with Crippen molar-refractivity contribution >= 4 is 13.7 Å². The number of aliphatic hydroxyl groups is 1. The van der Waals surface area contributed by atoms with Gasteiger partial charge in [-0.05, 0) is 45.4 Å². The molecule has 2 N–H and O–H groups in total. The molecule has 3 rings (SSSR count). The summed E-state index contributed by atoms with van der Waals surface area (Å²) in [5, 5.41) is 13.1. The summed E-state index contributed by atoms with van der Waals surface area (Å²) in [5.74, 6) is -0.488. The Kier molecular flexibility index (Phi) is 9.02. The van der Waals surface area contributed by atoms with E-state index < -0.39 is 56.2 Å². The number of aliphatic hydroxyl groups excluding tert-OH is 1. The molecule has 0 aliphatic carbocycles. The van der Waals surface area contributed by atoms with Gasteiger partial charge in [0.2, 0.25) is 0 Å². The first-order valence-corrected chi connectivity index (χ1v) is 13.0. The minimum absolute atomic E-state index is 0.181. The fraction of sp³-hybridized carbons (Fsp3) is 0.522. The van der Waals surface area contributed by atoms with Gasteiger partial charge in [-0.25, -0.2) is 13.8 Å². The smallest absolute Gasteiger partial charge is 0.459 e. The first-order chi connectivity index (χ1) is 17.0. The lowest BCUT2D eigenvalue weighted by molar-refractivity contribution is -0.145. The average molecular weight is 527 g/mol. The third-order valence-electron chi connectivity index (χ3n) is 5.47. The van der Waals surface area contributed by atoms with Crippen molar-refractivity contribution < 1.29 is 37.4 Å². The Labute approximate surface area is 208 Å². The molecule has 11 nitrogen and oxygen atoms in total. The zero-order valence-electron chi connectivity index (χ0n) is 20.5. The van der Waals surface area contributed by atoms with Crippen molar-refractivity contribution in [3.05, 3.63) is 58.8 Å². The highest BCUT2D eigenvalue weighted by molar-refractivity contribution is 7.52. The summed E-state index contributed by atoms with van der Waals surface area (Å²) < 4.78 is 51.7. The van der Waals surface area contributed by atoms with Crippen molar-refractivity contribution in [3.8, 4) is 5.75 Å². The molecule has 1 fully saturated rings. The molecule has 198 valence electrons. The lowest BCUT2D eigenvalue weighted by Crippen LogP contribution is -2.43. The molecule has 2 heterocycles. The van der Waals surface area contributed by atoms with E-state index in [0.717, 1.165) is 11.5 Å². The van der Waals surface area contributed by atoms with Crippen LogP contribution in [0.1, 0.15) is 39.1 Å². The van der Waals surface area contributed by atoms with Gasteiger partial charge in [-0.15, -0.1) is 0 Å². The summed E-state index contributed by atoms with van der Waals surface area (Å²) in [6, 6.07) is 8.51. The number of halogens is 1. The molecule has 0 amide bonds. The van der Waals surface area contributed by atoms with Crippen LogP contribution in [0.5, 0.6) is 5.75 Å². The Balaban J connectivity index is 1.78. The number of esters is 1. The van der Waals surface area contributed by atoms with Gasteiger partial charge in [0.05, 0.1) is 13.2 Å². The Morgan fingerprint density at radius 1 is 1.36 bits per heavy atom. The van der Waals surface area contributed by atoms with Gasteiger partial charge in [0.1, 0.15) is 24.0 Å². The third-order valence-corrected chi connectivity index (χ3v) is 7.11. The van der Waals surface area contributed by atoms with Crippen LogP contribution in [0.25, 0.3) is 0 Å². The van der Waals surface area contributed by atoms with Gasteiger partial charge in [0.25, 0.3) is 0 Å². The maximum Gasteiger partial charge on any atom is 0.459 e. The molecule has 1 aromatic carbocycles. The van der Waals surface area contributed by atoms with E-state index in [9.17, 15) is 19.3 Å². The Morgan fingerprint density at radius 2 is 2.06 bits per heavy atom. The summed E-state index contributed by atoms with van der Waals surface area (Å²) in [6.07, 6.45) is -2.65. The SMILES string of the molecule is CCCOC(=O)[C@H](C)N[P@](=O)(OC[C@H]1O[C@@H](n2ccc(C)nc2=O)[C@](C)(F)[C@@H]1O)Oc1ccccc1. The van der Waals surface area contributed by atoms with Crippen LogP contribution in [0, 0.1) is 6.92 Å². The second-order valence-electron chi connectivity index (χ2n) is 8.60. The van der Waals surface area contributed by atoms with Gasteiger partial charge in [-0.3, -0.25) is 13.9 Å². The van der Waals surface area contributed by atoms with Crippen LogP contribution >= 0.6 is 7.75 Å². The molecular weight excluding hydrogens is 496 g/mol. The predicted octanol–water partition coefficient (Wildman–Crippen LogP) is 2.67. The summed E-state index contributed by atoms with van der Waals surface area (Å²) >= 11 is 0. The van der Waals surface area contributed by atoms with Gasteiger partial charge in [-0.1, -0.05) is 25.1 Å². The molecule has 0 saturated carbocycles. The first-order valence-electron chi connectivity index (χ1n) is 11.5. The van der Waals surface area contributed by atoms with Crippen molar-refractivity contribution in [2.24, 2.45) is 0 Å². The molecule has 1 aliphatic heterocycles. The van der Waals surface area contributed by atoms with Crippen LogP contribution in [0.3, 0.4) is 0 Å². The number of carbonyl (C=O) groups excluding carboxylic acids is 1. The zero-order chi connectivity index (χ0) is 26.5. The Hall–Kier alpha value is -2.63.